The first kappa shape index (κ1) is 28.7. The number of rotatable bonds is 9. The minimum absolute atomic E-state index is 0.101. The first-order valence-corrected chi connectivity index (χ1v) is 13.5. The minimum atomic E-state index is -0.424. The number of hydrogen-bond donors (Lipinski definition) is 4. The van der Waals surface area contributed by atoms with Crippen molar-refractivity contribution in [2.75, 3.05) is 43.4 Å². The Morgan fingerprint density at radius 2 is 1.80 bits per heavy atom. The van der Waals surface area contributed by atoms with Crippen LogP contribution < -0.4 is 20.9 Å². The summed E-state index contributed by atoms with van der Waals surface area (Å²) in [6, 6.07) is 11.9. The Balaban J connectivity index is 1.35. The lowest BCUT2D eigenvalue weighted by atomic mass is 10.0. The van der Waals surface area contributed by atoms with Gasteiger partial charge in [-0.3, -0.25) is 10.2 Å². The predicted molar refractivity (Wildman–Crippen MR) is 161 cm³/mol. The van der Waals surface area contributed by atoms with E-state index in [2.05, 4.69) is 53.8 Å². The van der Waals surface area contributed by atoms with Crippen molar-refractivity contribution in [2.45, 2.75) is 39.8 Å². The maximum absolute atomic E-state index is 12.3. The van der Waals surface area contributed by atoms with Crippen LogP contribution in [0, 0.1) is 12.3 Å². The predicted octanol–water partition coefficient (Wildman–Crippen LogP) is 3.88. The fourth-order valence-corrected chi connectivity index (χ4v) is 4.20. The van der Waals surface area contributed by atoms with Crippen LogP contribution in [-0.2, 0) is 11.3 Å². The van der Waals surface area contributed by atoms with Crippen LogP contribution in [0.2, 0.25) is 0 Å². The van der Waals surface area contributed by atoms with Crippen molar-refractivity contribution in [3.8, 4) is 11.3 Å². The van der Waals surface area contributed by atoms with E-state index in [1.54, 1.807) is 6.20 Å². The molecule has 1 aliphatic heterocycles. The first-order chi connectivity index (χ1) is 19.1. The zero-order valence-electron chi connectivity index (χ0n) is 24.0. The Morgan fingerprint density at radius 3 is 2.48 bits per heavy atom. The lowest BCUT2D eigenvalue weighted by Gasteiger charge is -2.33. The topological polar surface area (TPSA) is 122 Å². The van der Waals surface area contributed by atoms with Gasteiger partial charge in [0.05, 0.1) is 17.6 Å². The van der Waals surface area contributed by atoms with Crippen molar-refractivity contribution in [2.24, 2.45) is 0 Å². The molecule has 0 saturated carbocycles. The van der Waals surface area contributed by atoms with Gasteiger partial charge in [0.1, 0.15) is 23.7 Å². The zero-order chi connectivity index (χ0) is 28.7. The summed E-state index contributed by atoms with van der Waals surface area (Å²) in [5.74, 6) is 0.956. The standard InChI is InChI=1S/C30H39N9O/c1-21-16-22(6-7-23(21)18-33-29(40)25(31)10-11-36-30(2,3)4)26-17-28(35-20-34-26)37-27-9-8-24(19-32-27)39-14-12-38(5)13-15-39/h6-11,16-17,19-20,31,36H,12-15,18H2,1-5H3,(H,33,40)(H,32,34,35,37)/b11-10-,31-25?. The lowest BCUT2D eigenvalue weighted by Crippen LogP contribution is -2.44. The number of pyridine rings is 1. The van der Waals surface area contributed by atoms with Crippen molar-refractivity contribution < 1.29 is 4.79 Å². The van der Waals surface area contributed by atoms with E-state index in [4.69, 9.17) is 5.41 Å². The van der Waals surface area contributed by atoms with Gasteiger partial charge in [-0.15, -0.1) is 0 Å². The first-order valence-electron chi connectivity index (χ1n) is 13.5. The molecular formula is C30H39N9O. The highest BCUT2D eigenvalue weighted by molar-refractivity contribution is 6.42. The highest BCUT2D eigenvalue weighted by Crippen LogP contribution is 2.24. The average Bonchev–Trinajstić information content (AvgIpc) is 2.92. The lowest BCUT2D eigenvalue weighted by molar-refractivity contribution is -0.114. The molecule has 0 atom stereocenters. The summed E-state index contributed by atoms with van der Waals surface area (Å²) in [7, 11) is 2.15. The van der Waals surface area contributed by atoms with Crippen molar-refractivity contribution >= 4 is 28.9 Å². The third-order valence-corrected chi connectivity index (χ3v) is 6.63. The monoisotopic (exact) mass is 541 g/mol. The third-order valence-electron chi connectivity index (χ3n) is 6.63. The Hall–Kier alpha value is -4.31. The van der Waals surface area contributed by atoms with Crippen molar-refractivity contribution in [1.82, 2.24) is 30.5 Å². The molecule has 210 valence electrons. The molecule has 1 fully saturated rings. The van der Waals surface area contributed by atoms with E-state index < -0.39 is 5.91 Å². The Labute approximate surface area is 236 Å². The van der Waals surface area contributed by atoms with Gasteiger partial charge in [-0.25, -0.2) is 15.0 Å². The van der Waals surface area contributed by atoms with Gasteiger partial charge in [0, 0.05) is 49.9 Å². The second kappa shape index (κ2) is 12.7. The molecule has 1 aromatic carbocycles. The molecule has 0 spiro atoms. The van der Waals surface area contributed by atoms with E-state index in [0.717, 1.165) is 60.1 Å². The number of amides is 1. The summed E-state index contributed by atoms with van der Waals surface area (Å²) in [6.07, 6.45) is 6.53. The molecule has 0 radical (unpaired) electrons. The largest absolute Gasteiger partial charge is 0.386 e. The highest BCUT2D eigenvalue weighted by atomic mass is 16.1. The fraction of sp³-hybridized carbons (Fsp3) is 0.367. The smallest absolute Gasteiger partial charge is 0.269 e. The van der Waals surface area contributed by atoms with E-state index in [1.165, 1.54) is 12.4 Å². The maximum Gasteiger partial charge on any atom is 0.269 e. The fourth-order valence-electron chi connectivity index (χ4n) is 4.20. The van der Waals surface area contributed by atoms with E-state index in [1.807, 2.05) is 64.2 Å². The van der Waals surface area contributed by atoms with E-state index >= 15 is 0 Å². The quantitative estimate of drug-likeness (QED) is 0.301. The van der Waals surface area contributed by atoms with Gasteiger partial charge in [0.2, 0.25) is 0 Å². The van der Waals surface area contributed by atoms with Gasteiger partial charge in [0.25, 0.3) is 5.91 Å². The van der Waals surface area contributed by atoms with E-state index in [-0.39, 0.29) is 11.3 Å². The van der Waals surface area contributed by atoms with Crippen molar-refractivity contribution in [3.63, 3.8) is 0 Å². The van der Waals surface area contributed by atoms with Crippen LogP contribution in [-0.4, -0.2) is 70.2 Å². The number of nitrogens with one attached hydrogen (secondary N) is 4. The van der Waals surface area contributed by atoms with Gasteiger partial charge in [0.15, 0.2) is 0 Å². The molecule has 4 rings (SSSR count). The number of carbonyl (C=O) groups is 1. The molecule has 0 bridgehead atoms. The summed E-state index contributed by atoms with van der Waals surface area (Å²) < 4.78 is 0. The van der Waals surface area contributed by atoms with Gasteiger partial charge in [-0.05, 0) is 76.3 Å². The SMILES string of the molecule is Cc1cc(-c2cc(Nc3ccc(N4CCN(C)CC4)cn3)ncn2)ccc1CNC(=O)C(=N)/C=C\NC(C)(C)C. The Morgan fingerprint density at radius 1 is 1.02 bits per heavy atom. The molecule has 10 nitrogen and oxygen atoms in total. The molecule has 40 heavy (non-hydrogen) atoms. The summed E-state index contributed by atoms with van der Waals surface area (Å²) in [4.78, 5) is 30.4. The number of likely N-dealkylation sites (N-methyl/N-ethyl adjacent to an activating group) is 1. The second-order valence-electron chi connectivity index (χ2n) is 11.1. The highest BCUT2D eigenvalue weighted by Gasteiger charge is 2.15. The van der Waals surface area contributed by atoms with Crippen molar-refractivity contribution in [1.29, 1.82) is 5.41 Å². The number of aryl methyl sites for hydroxylation is 1. The second-order valence-corrected chi connectivity index (χ2v) is 11.1. The average molecular weight is 542 g/mol. The number of aromatic nitrogens is 3. The van der Waals surface area contributed by atoms with Crippen LogP contribution >= 0.6 is 0 Å². The molecule has 1 aliphatic rings. The molecule has 3 heterocycles. The Bertz CT molecular complexity index is 1350. The normalized spacial score (nSPS) is 14.3. The van der Waals surface area contributed by atoms with E-state index in [9.17, 15) is 4.79 Å². The van der Waals surface area contributed by atoms with Crippen LogP contribution in [0.15, 0.2) is 61.2 Å². The summed E-state index contributed by atoms with van der Waals surface area (Å²) >= 11 is 0. The van der Waals surface area contributed by atoms with Crippen LogP contribution in [0.4, 0.5) is 17.3 Å². The molecule has 10 heteroatoms. The molecule has 3 aromatic rings. The van der Waals surface area contributed by atoms with Gasteiger partial charge < -0.3 is 25.8 Å². The summed E-state index contributed by atoms with van der Waals surface area (Å²) in [5, 5.41) is 17.2. The number of anilines is 3. The number of hydrogen-bond acceptors (Lipinski definition) is 9. The number of piperazine rings is 1. The van der Waals surface area contributed by atoms with Crippen LogP contribution in [0.3, 0.4) is 0 Å². The number of nitrogens with zero attached hydrogens (tertiary/aromatic N) is 5. The van der Waals surface area contributed by atoms with Crippen LogP contribution in [0.5, 0.6) is 0 Å². The summed E-state index contributed by atoms with van der Waals surface area (Å²) in [5.41, 5.74) is 4.61. The van der Waals surface area contributed by atoms with E-state index in [0.29, 0.717) is 12.4 Å². The maximum atomic E-state index is 12.3. The minimum Gasteiger partial charge on any atom is -0.386 e. The molecular weight excluding hydrogens is 502 g/mol. The molecule has 0 aliphatic carbocycles. The Kier molecular flexibility index (Phi) is 9.11. The zero-order valence-corrected chi connectivity index (χ0v) is 24.0. The number of carbonyl (C=O) groups excluding carboxylic acids is 1. The molecule has 4 N–H and O–H groups in total. The van der Waals surface area contributed by atoms with Gasteiger partial charge in [-0.1, -0.05) is 12.1 Å². The van der Waals surface area contributed by atoms with Gasteiger partial charge in [-0.2, -0.15) is 0 Å². The molecule has 1 saturated heterocycles. The summed E-state index contributed by atoms with van der Waals surface area (Å²) in [6.45, 7) is 12.5. The molecule has 0 unspecified atom stereocenters. The van der Waals surface area contributed by atoms with Gasteiger partial charge >= 0.3 is 0 Å². The molecule has 2 aromatic heterocycles. The van der Waals surface area contributed by atoms with Crippen LogP contribution in [0.25, 0.3) is 11.3 Å². The third kappa shape index (κ3) is 8.09. The van der Waals surface area contributed by atoms with Crippen LogP contribution in [0.1, 0.15) is 31.9 Å². The molecule has 1 amide bonds. The number of benzene rings is 1. The van der Waals surface area contributed by atoms with Crippen molar-refractivity contribution in [3.05, 3.63) is 72.3 Å².